The lowest BCUT2D eigenvalue weighted by Crippen LogP contribution is -2.24. The van der Waals surface area contributed by atoms with Crippen LogP contribution in [0.5, 0.6) is 0 Å². The summed E-state index contributed by atoms with van der Waals surface area (Å²) >= 11 is 0. The van der Waals surface area contributed by atoms with Crippen molar-refractivity contribution in [2.24, 2.45) is 12.8 Å². The molecule has 0 amide bonds. The molecule has 2 rings (SSSR count). The van der Waals surface area contributed by atoms with Crippen molar-refractivity contribution in [3.63, 3.8) is 0 Å². The molecule has 1 aromatic heterocycles. The van der Waals surface area contributed by atoms with Crippen molar-refractivity contribution >= 4 is 0 Å². The molecule has 21 heavy (non-hydrogen) atoms. The molecule has 1 heterocycles. The molecule has 0 aliphatic carbocycles. The summed E-state index contributed by atoms with van der Waals surface area (Å²) in [6.07, 6.45) is 4.31. The number of aryl methyl sites for hydroxylation is 1. The van der Waals surface area contributed by atoms with Crippen molar-refractivity contribution in [3.8, 4) is 0 Å². The van der Waals surface area contributed by atoms with Crippen molar-refractivity contribution in [2.75, 3.05) is 13.6 Å². The van der Waals surface area contributed by atoms with Gasteiger partial charge in [-0.15, -0.1) is 0 Å². The minimum Gasteiger partial charge on any atom is -0.324 e. The van der Waals surface area contributed by atoms with Crippen LogP contribution in [0.2, 0.25) is 0 Å². The van der Waals surface area contributed by atoms with Gasteiger partial charge >= 0.3 is 0 Å². The second-order valence-electron chi connectivity index (χ2n) is 5.30. The lowest BCUT2D eigenvalue weighted by molar-refractivity contribution is 0.309. The van der Waals surface area contributed by atoms with Crippen molar-refractivity contribution in [2.45, 2.75) is 19.0 Å². The predicted molar refractivity (Wildman–Crippen MR) is 77.4 cm³/mol. The summed E-state index contributed by atoms with van der Waals surface area (Å²) in [7, 11) is 3.83. The number of hydrogen-bond acceptors (Lipinski definition) is 3. The Morgan fingerprint density at radius 1 is 1.38 bits per heavy atom. The molecule has 0 spiro atoms. The number of benzene rings is 1. The van der Waals surface area contributed by atoms with Gasteiger partial charge in [0.2, 0.25) is 0 Å². The molecule has 1 unspecified atom stereocenters. The Hall–Kier alpha value is -1.79. The topological polar surface area (TPSA) is 47.1 Å². The Balaban J connectivity index is 1.88. The molecule has 0 aliphatic heterocycles. The van der Waals surface area contributed by atoms with Crippen LogP contribution in [0.4, 0.5) is 8.78 Å². The Labute approximate surface area is 123 Å². The zero-order chi connectivity index (χ0) is 15.4. The van der Waals surface area contributed by atoms with Gasteiger partial charge < -0.3 is 10.6 Å². The molecule has 0 fully saturated rings. The molecule has 0 aliphatic rings. The molecule has 0 saturated carbocycles. The zero-order valence-corrected chi connectivity index (χ0v) is 12.3. The summed E-state index contributed by atoms with van der Waals surface area (Å²) in [5.74, 6) is -1.70. The van der Waals surface area contributed by atoms with E-state index in [1.807, 2.05) is 26.5 Å². The van der Waals surface area contributed by atoms with Crippen LogP contribution in [0.15, 0.2) is 30.6 Å². The highest BCUT2D eigenvalue weighted by Gasteiger charge is 2.15. The van der Waals surface area contributed by atoms with E-state index in [1.54, 1.807) is 4.68 Å². The second-order valence-corrected chi connectivity index (χ2v) is 5.30. The van der Waals surface area contributed by atoms with Crippen LogP contribution >= 0.6 is 0 Å². The largest absolute Gasteiger partial charge is 0.324 e. The molecule has 1 aromatic carbocycles. The van der Waals surface area contributed by atoms with Crippen molar-refractivity contribution in [1.82, 2.24) is 14.7 Å². The van der Waals surface area contributed by atoms with Gasteiger partial charge in [-0.1, -0.05) is 12.1 Å². The predicted octanol–water partition coefficient (Wildman–Crippen LogP) is 2.22. The van der Waals surface area contributed by atoms with Crippen molar-refractivity contribution in [1.29, 1.82) is 0 Å². The fraction of sp³-hybridized carbons (Fsp3) is 0.400. The molecule has 4 nitrogen and oxygen atoms in total. The molecule has 0 bridgehead atoms. The van der Waals surface area contributed by atoms with Crippen LogP contribution in [0, 0.1) is 11.6 Å². The zero-order valence-electron chi connectivity index (χ0n) is 12.3. The third-order valence-corrected chi connectivity index (χ3v) is 3.41. The van der Waals surface area contributed by atoms with E-state index < -0.39 is 17.7 Å². The average Bonchev–Trinajstić information content (AvgIpc) is 2.84. The molecular weight excluding hydrogens is 274 g/mol. The van der Waals surface area contributed by atoms with Gasteiger partial charge in [-0.2, -0.15) is 5.10 Å². The van der Waals surface area contributed by atoms with Gasteiger partial charge in [-0.25, -0.2) is 8.78 Å². The number of aromatic nitrogens is 2. The normalized spacial score (nSPS) is 12.9. The van der Waals surface area contributed by atoms with Crippen molar-refractivity contribution < 1.29 is 8.78 Å². The summed E-state index contributed by atoms with van der Waals surface area (Å²) in [6.45, 7) is 1.43. The fourth-order valence-corrected chi connectivity index (χ4v) is 2.27. The summed E-state index contributed by atoms with van der Waals surface area (Å²) in [6, 6.07) is 3.59. The maximum atomic E-state index is 13.6. The quantitative estimate of drug-likeness (QED) is 0.888. The number of nitrogens with two attached hydrogens (primary N) is 1. The summed E-state index contributed by atoms with van der Waals surface area (Å²) < 4.78 is 28.6. The van der Waals surface area contributed by atoms with E-state index in [-0.39, 0.29) is 5.56 Å². The molecule has 1 atom stereocenters. The first-order valence-electron chi connectivity index (χ1n) is 6.83. The summed E-state index contributed by atoms with van der Waals surface area (Å²) in [4.78, 5) is 2.08. The van der Waals surface area contributed by atoms with Gasteiger partial charge in [0.25, 0.3) is 0 Å². The lowest BCUT2D eigenvalue weighted by atomic mass is 10.0. The molecule has 6 heteroatoms. The lowest BCUT2D eigenvalue weighted by Gasteiger charge is -2.19. The van der Waals surface area contributed by atoms with E-state index in [4.69, 9.17) is 5.73 Å². The van der Waals surface area contributed by atoms with Gasteiger partial charge in [-0.05, 0) is 26.1 Å². The third kappa shape index (κ3) is 4.09. The Morgan fingerprint density at radius 2 is 2.14 bits per heavy atom. The van der Waals surface area contributed by atoms with Crippen LogP contribution in [-0.4, -0.2) is 28.3 Å². The van der Waals surface area contributed by atoms with E-state index in [9.17, 15) is 8.78 Å². The second kappa shape index (κ2) is 6.78. The highest BCUT2D eigenvalue weighted by molar-refractivity contribution is 5.22. The fourth-order valence-electron chi connectivity index (χ4n) is 2.27. The maximum absolute atomic E-state index is 13.6. The monoisotopic (exact) mass is 294 g/mol. The van der Waals surface area contributed by atoms with Gasteiger partial charge in [0.05, 0.1) is 6.20 Å². The number of halogens is 2. The number of nitrogens with zero attached hydrogens (tertiary/aromatic N) is 3. The Bertz CT molecular complexity index is 597. The molecule has 2 aromatic rings. The number of hydrogen-bond donors (Lipinski definition) is 1. The van der Waals surface area contributed by atoms with Crippen LogP contribution < -0.4 is 5.73 Å². The summed E-state index contributed by atoms with van der Waals surface area (Å²) in [5.41, 5.74) is 7.29. The van der Waals surface area contributed by atoms with E-state index in [1.165, 1.54) is 12.1 Å². The first-order chi connectivity index (χ1) is 9.97. The Morgan fingerprint density at radius 3 is 2.81 bits per heavy atom. The van der Waals surface area contributed by atoms with E-state index in [2.05, 4.69) is 10.00 Å². The van der Waals surface area contributed by atoms with Gasteiger partial charge in [-0.3, -0.25) is 4.68 Å². The minimum absolute atomic E-state index is 0.227. The van der Waals surface area contributed by atoms with Crippen LogP contribution in [0.25, 0.3) is 0 Å². The molecular formula is C15H20F2N4. The van der Waals surface area contributed by atoms with Gasteiger partial charge in [0.15, 0.2) is 11.6 Å². The molecule has 2 N–H and O–H groups in total. The van der Waals surface area contributed by atoms with E-state index >= 15 is 0 Å². The van der Waals surface area contributed by atoms with Crippen molar-refractivity contribution in [3.05, 3.63) is 53.4 Å². The van der Waals surface area contributed by atoms with Crippen LogP contribution in [-0.2, 0) is 13.6 Å². The summed E-state index contributed by atoms with van der Waals surface area (Å²) in [5, 5.41) is 4.11. The van der Waals surface area contributed by atoms with Gasteiger partial charge in [0, 0.05) is 37.0 Å². The molecule has 0 saturated heterocycles. The smallest absolute Gasteiger partial charge is 0.163 e. The highest BCUT2D eigenvalue weighted by Crippen LogP contribution is 2.20. The first kappa shape index (κ1) is 15.6. The van der Waals surface area contributed by atoms with Crippen LogP contribution in [0.1, 0.15) is 23.6 Å². The van der Waals surface area contributed by atoms with E-state index in [0.717, 1.165) is 18.2 Å². The minimum atomic E-state index is -0.855. The SMILES string of the molecule is CN(CCC(N)c1cccc(F)c1F)Cc1cnn(C)c1. The highest BCUT2D eigenvalue weighted by atomic mass is 19.2. The first-order valence-corrected chi connectivity index (χ1v) is 6.83. The van der Waals surface area contributed by atoms with E-state index in [0.29, 0.717) is 13.0 Å². The average molecular weight is 294 g/mol. The standard InChI is InChI=1S/C15H20F2N4/c1-20(9-11-8-19-21(2)10-11)7-6-14(18)12-4-3-5-13(16)15(12)17/h3-5,8,10,14H,6-7,9,18H2,1-2H3. The molecule has 0 radical (unpaired) electrons. The number of rotatable bonds is 6. The molecule has 114 valence electrons. The Kier molecular flexibility index (Phi) is 5.03. The maximum Gasteiger partial charge on any atom is 0.163 e. The third-order valence-electron chi connectivity index (χ3n) is 3.41. The van der Waals surface area contributed by atoms with Gasteiger partial charge in [0.1, 0.15) is 0 Å². The van der Waals surface area contributed by atoms with Crippen LogP contribution in [0.3, 0.4) is 0 Å².